The van der Waals surface area contributed by atoms with Gasteiger partial charge in [-0.1, -0.05) is 25.1 Å². The number of aromatic nitrogens is 1. The van der Waals surface area contributed by atoms with Gasteiger partial charge in [0.2, 0.25) is 0 Å². The van der Waals surface area contributed by atoms with Crippen LogP contribution in [0.3, 0.4) is 0 Å². The predicted molar refractivity (Wildman–Crippen MR) is 77.3 cm³/mol. The standard InChI is InChI=1S/C16H21NO2/c1-4-12-6-5-7-13-8-10-17(14(12)13)11-9-16(2,3)15(18)19/h5-8,10H,4,9,11H2,1-3H3,(H,18,19). The topological polar surface area (TPSA) is 42.2 Å². The van der Waals surface area contributed by atoms with Crippen molar-refractivity contribution in [3.8, 4) is 0 Å². The van der Waals surface area contributed by atoms with Crippen LogP contribution in [0.2, 0.25) is 0 Å². The summed E-state index contributed by atoms with van der Waals surface area (Å²) in [6, 6.07) is 8.42. The van der Waals surface area contributed by atoms with Gasteiger partial charge in [-0.05, 0) is 43.7 Å². The molecule has 0 aliphatic heterocycles. The zero-order valence-electron chi connectivity index (χ0n) is 11.8. The van der Waals surface area contributed by atoms with Crippen LogP contribution in [0.4, 0.5) is 0 Å². The molecule has 0 atom stereocenters. The molecule has 0 aliphatic rings. The highest BCUT2D eigenvalue weighted by atomic mass is 16.4. The molecular formula is C16H21NO2. The molecule has 0 amide bonds. The van der Waals surface area contributed by atoms with Gasteiger partial charge < -0.3 is 9.67 Å². The fourth-order valence-corrected chi connectivity index (χ4v) is 2.32. The van der Waals surface area contributed by atoms with Crippen LogP contribution in [0.5, 0.6) is 0 Å². The Morgan fingerprint density at radius 2 is 2.05 bits per heavy atom. The minimum absolute atomic E-state index is 0.629. The maximum absolute atomic E-state index is 11.2. The van der Waals surface area contributed by atoms with Crippen LogP contribution in [0.25, 0.3) is 10.9 Å². The highest BCUT2D eigenvalue weighted by Crippen LogP contribution is 2.25. The largest absolute Gasteiger partial charge is 0.481 e. The third kappa shape index (κ3) is 2.65. The van der Waals surface area contributed by atoms with Crippen molar-refractivity contribution < 1.29 is 9.90 Å². The lowest BCUT2D eigenvalue weighted by Crippen LogP contribution is -2.25. The van der Waals surface area contributed by atoms with Gasteiger partial charge in [-0.25, -0.2) is 0 Å². The molecule has 19 heavy (non-hydrogen) atoms. The summed E-state index contributed by atoms with van der Waals surface area (Å²) in [5.74, 6) is -0.736. The molecule has 1 aromatic heterocycles. The minimum Gasteiger partial charge on any atom is -0.481 e. The Balaban J connectivity index is 2.29. The fourth-order valence-electron chi connectivity index (χ4n) is 2.32. The number of fused-ring (bicyclic) bond motifs is 1. The van der Waals surface area contributed by atoms with Gasteiger partial charge in [0.15, 0.2) is 0 Å². The molecule has 0 saturated carbocycles. The molecule has 1 heterocycles. The third-order valence-electron chi connectivity index (χ3n) is 3.81. The monoisotopic (exact) mass is 259 g/mol. The van der Waals surface area contributed by atoms with Gasteiger partial charge in [-0.15, -0.1) is 0 Å². The molecule has 0 saturated heterocycles. The maximum Gasteiger partial charge on any atom is 0.309 e. The van der Waals surface area contributed by atoms with Crippen LogP contribution in [0.15, 0.2) is 30.5 Å². The number of carbonyl (C=O) groups is 1. The first-order chi connectivity index (χ1) is 8.95. The average molecular weight is 259 g/mol. The number of aliphatic carboxylic acids is 1. The Labute approximate surface area is 113 Å². The summed E-state index contributed by atoms with van der Waals surface area (Å²) in [7, 11) is 0. The minimum atomic E-state index is -0.736. The van der Waals surface area contributed by atoms with Gasteiger partial charge >= 0.3 is 5.97 Å². The van der Waals surface area contributed by atoms with E-state index in [0.29, 0.717) is 6.42 Å². The fraction of sp³-hybridized carbons (Fsp3) is 0.438. The summed E-state index contributed by atoms with van der Waals surface area (Å²) in [4.78, 5) is 11.2. The van der Waals surface area contributed by atoms with Gasteiger partial charge in [0.1, 0.15) is 0 Å². The van der Waals surface area contributed by atoms with Crippen LogP contribution in [0.1, 0.15) is 32.8 Å². The second-order valence-corrected chi connectivity index (χ2v) is 5.66. The predicted octanol–water partition coefficient (Wildman–Crippen LogP) is 3.70. The number of benzene rings is 1. The Morgan fingerprint density at radius 1 is 1.32 bits per heavy atom. The average Bonchev–Trinajstić information content (AvgIpc) is 2.79. The van der Waals surface area contributed by atoms with Gasteiger partial charge in [-0.2, -0.15) is 0 Å². The van der Waals surface area contributed by atoms with Crippen LogP contribution < -0.4 is 0 Å². The first kappa shape index (κ1) is 13.7. The molecular weight excluding hydrogens is 238 g/mol. The van der Waals surface area contributed by atoms with E-state index in [2.05, 4.69) is 42.0 Å². The number of carboxylic acids is 1. The molecule has 0 spiro atoms. The Morgan fingerprint density at radius 3 is 2.68 bits per heavy atom. The van der Waals surface area contributed by atoms with Crippen molar-refractivity contribution in [3.05, 3.63) is 36.0 Å². The molecule has 0 radical (unpaired) electrons. The number of rotatable bonds is 5. The summed E-state index contributed by atoms with van der Waals surface area (Å²) < 4.78 is 2.18. The lowest BCUT2D eigenvalue weighted by atomic mass is 9.89. The van der Waals surface area contributed by atoms with Crippen LogP contribution >= 0.6 is 0 Å². The molecule has 1 N–H and O–H groups in total. The van der Waals surface area contributed by atoms with Gasteiger partial charge in [0, 0.05) is 12.7 Å². The molecule has 0 aliphatic carbocycles. The maximum atomic E-state index is 11.2. The lowest BCUT2D eigenvalue weighted by molar-refractivity contribution is -0.147. The third-order valence-corrected chi connectivity index (χ3v) is 3.81. The highest BCUT2D eigenvalue weighted by molar-refractivity contribution is 5.83. The molecule has 0 fully saturated rings. The van der Waals surface area contributed by atoms with Gasteiger partial charge in [0.25, 0.3) is 0 Å². The molecule has 0 unspecified atom stereocenters. The van der Waals surface area contributed by atoms with E-state index in [9.17, 15) is 9.90 Å². The molecule has 0 bridgehead atoms. The van der Waals surface area contributed by atoms with E-state index in [1.54, 1.807) is 13.8 Å². The van der Waals surface area contributed by atoms with Crippen LogP contribution in [-0.4, -0.2) is 15.6 Å². The molecule has 1 aromatic carbocycles. The van der Waals surface area contributed by atoms with Crippen LogP contribution in [-0.2, 0) is 17.8 Å². The number of nitrogens with zero attached hydrogens (tertiary/aromatic N) is 1. The summed E-state index contributed by atoms with van der Waals surface area (Å²) in [6.07, 6.45) is 3.68. The molecule has 2 aromatic rings. The van der Waals surface area contributed by atoms with Crippen molar-refractivity contribution in [2.45, 2.75) is 40.2 Å². The first-order valence-electron chi connectivity index (χ1n) is 6.76. The van der Waals surface area contributed by atoms with Crippen LogP contribution in [0, 0.1) is 5.41 Å². The van der Waals surface area contributed by atoms with E-state index in [4.69, 9.17) is 0 Å². The van der Waals surface area contributed by atoms with Crippen molar-refractivity contribution in [3.63, 3.8) is 0 Å². The summed E-state index contributed by atoms with van der Waals surface area (Å²) in [5, 5.41) is 10.4. The zero-order valence-corrected chi connectivity index (χ0v) is 11.8. The first-order valence-corrected chi connectivity index (χ1v) is 6.76. The number of aryl methyl sites for hydroxylation is 2. The summed E-state index contributed by atoms with van der Waals surface area (Å²) >= 11 is 0. The van der Waals surface area contributed by atoms with E-state index in [0.717, 1.165) is 13.0 Å². The summed E-state index contributed by atoms with van der Waals surface area (Å²) in [6.45, 7) is 6.44. The number of para-hydroxylation sites is 1. The van der Waals surface area contributed by atoms with Gasteiger partial charge in [0.05, 0.1) is 10.9 Å². The van der Waals surface area contributed by atoms with E-state index in [-0.39, 0.29) is 0 Å². The van der Waals surface area contributed by atoms with Gasteiger partial charge in [-0.3, -0.25) is 4.79 Å². The van der Waals surface area contributed by atoms with Crippen molar-refractivity contribution >= 4 is 16.9 Å². The molecule has 102 valence electrons. The van der Waals surface area contributed by atoms with E-state index in [1.165, 1.54) is 16.5 Å². The van der Waals surface area contributed by atoms with Crippen molar-refractivity contribution in [2.24, 2.45) is 5.41 Å². The molecule has 2 rings (SSSR count). The van der Waals surface area contributed by atoms with E-state index >= 15 is 0 Å². The highest BCUT2D eigenvalue weighted by Gasteiger charge is 2.26. The van der Waals surface area contributed by atoms with Crippen molar-refractivity contribution in [1.82, 2.24) is 4.57 Å². The lowest BCUT2D eigenvalue weighted by Gasteiger charge is -2.19. The quantitative estimate of drug-likeness (QED) is 0.889. The number of carboxylic acid groups (broad SMARTS) is 1. The SMILES string of the molecule is CCc1cccc2ccn(CCC(C)(C)C(=O)O)c12. The molecule has 3 nitrogen and oxygen atoms in total. The Bertz CT molecular complexity index is 596. The zero-order chi connectivity index (χ0) is 14.0. The second-order valence-electron chi connectivity index (χ2n) is 5.66. The van der Waals surface area contributed by atoms with Crippen molar-refractivity contribution in [2.75, 3.05) is 0 Å². The summed E-state index contributed by atoms with van der Waals surface area (Å²) in [5.41, 5.74) is 1.87. The Kier molecular flexibility index (Phi) is 3.65. The number of hydrogen-bond donors (Lipinski definition) is 1. The Hall–Kier alpha value is -1.77. The van der Waals surface area contributed by atoms with E-state index < -0.39 is 11.4 Å². The van der Waals surface area contributed by atoms with Crippen molar-refractivity contribution in [1.29, 1.82) is 0 Å². The normalized spacial score (nSPS) is 11.9. The number of hydrogen-bond acceptors (Lipinski definition) is 1. The smallest absolute Gasteiger partial charge is 0.309 e. The molecule has 3 heteroatoms. The van der Waals surface area contributed by atoms with E-state index in [1.807, 2.05) is 0 Å². The second kappa shape index (κ2) is 5.08.